The van der Waals surface area contributed by atoms with Crippen LogP contribution in [-0.4, -0.2) is 24.1 Å². The molecule has 0 aromatic heterocycles. The Morgan fingerprint density at radius 1 is 0.419 bits per heavy atom. The van der Waals surface area contributed by atoms with Crippen LogP contribution in [0.2, 0.25) is 0 Å². The molecule has 3 nitrogen and oxygen atoms in total. The molecule has 0 aliphatic heterocycles. The minimum atomic E-state index is -0.264. The van der Waals surface area contributed by atoms with E-state index in [9.17, 15) is 9.59 Å². The lowest BCUT2D eigenvalue weighted by Crippen LogP contribution is -2.19. The molecule has 0 N–H and O–H groups in total. The maximum atomic E-state index is 11.1. The molecule has 0 heterocycles. The number of allylic oxidation sites excluding steroid dienone is 4. The average Bonchev–Trinajstić information content (AvgIpc) is 3.01. The molecule has 3 heteroatoms. The van der Waals surface area contributed by atoms with E-state index < -0.39 is 0 Å². The largest absolute Gasteiger partial charge is 0.365 e. The topological polar surface area (TPSA) is 43.4 Å². The van der Waals surface area contributed by atoms with Gasteiger partial charge in [-0.3, -0.25) is 0 Å². The van der Waals surface area contributed by atoms with Gasteiger partial charge in [0.15, 0.2) is 0 Å². The maximum absolute atomic E-state index is 11.1. The van der Waals surface area contributed by atoms with E-state index in [2.05, 4.69) is 38.2 Å². The fourth-order valence-corrected chi connectivity index (χ4v) is 5.59. The molecule has 0 rings (SSSR count). The second-order valence-corrected chi connectivity index (χ2v) is 12.5. The first-order valence-electron chi connectivity index (χ1n) is 18.7. The van der Waals surface area contributed by atoms with Gasteiger partial charge in [-0.05, 0) is 64.2 Å². The molecule has 0 aliphatic rings. The summed E-state index contributed by atoms with van der Waals surface area (Å²) in [5, 5.41) is 0. The van der Waals surface area contributed by atoms with Gasteiger partial charge in [0.2, 0.25) is 0 Å². The molecule has 2 unspecified atom stereocenters. The second-order valence-electron chi connectivity index (χ2n) is 12.5. The first-order chi connectivity index (χ1) is 21.3. The Morgan fingerprint density at radius 3 is 1.00 bits per heavy atom. The Morgan fingerprint density at radius 2 is 0.698 bits per heavy atom. The van der Waals surface area contributed by atoms with Crippen molar-refractivity contribution in [1.82, 2.24) is 0 Å². The lowest BCUT2D eigenvalue weighted by Gasteiger charge is -2.19. The summed E-state index contributed by atoms with van der Waals surface area (Å²) in [6.45, 7) is 4.54. The average molecular weight is 599 g/mol. The zero-order chi connectivity index (χ0) is 31.3. The first-order valence-corrected chi connectivity index (χ1v) is 18.7. The number of ether oxygens (including phenoxy) is 1. The molecule has 0 saturated heterocycles. The predicted octanol–water partition coefficient (Wildman–Crippen LogP) is 12.6. The van der Waals surface area contributed by atoms with E-state index in [0.717, 1.165) is 38.5 Å². The molecule has 0 spiro atoms. The SMILES string of the molecule is CCCCCCCC/C=C\CCCCCCCC(C=C=O)OC(C=C=O)CCCCCCC/C=C\CCCCCCCC. The molecule has 43 heavy (non-hydrogen) atoms. The van der Waals surface area contributed by atoms with E-state index in [1.807, 2.05) is 11.9 Å². The van der Waals surface area contributed by atoms with Crippen LogP contribution in [0.3, 0.4) is 0 Å². The normalized spacial score (nSPS) is 12.9. The molecule has 0 bridgehead atoms. The summed E-state index contributed by atoms with van der Waals surface area (Å²) in [6, 6.07) is 0. The van der Waals surface area contributed by atoms with Crippen LogP contribution in [0.25, 0.3) is 0 Å². The number of unbranched alkanes of at least 4 members (excludes halogenated alkanes) is 22. The molecule has 0 amide bonds. The van der Waals surface area contributed by atoms with Crippen LogP contribution >= 0.6 is 0 Å². The van der Waals surface area contributed by atoms with Gasteiger partial charge in [-0.25, -0.2) is 9.59 Å². The molecule has 0 aromatic carbocycles. The third-order valence-electron chi connectivity index (χ3n) is 8.36. The van der Waals surface area contributed by atoms with Gasteiger partial charge in [-0.15, -0.1) is 0 Å². The zero-order valence-electron chi connectivity index (χ0n) is 28.6. The minimum absolute atomic E-state index is 0.264. The summed E-state index contributed by atoms with van der Waals surface area (Å²) in [5.41, 5.74) is 0. The molecule has 0 aromatic rings. The molecular formula is C40H70O3. The van der Waals surface area contributed by atoms with Crippen molar-refractivity contribution in [1.29, 1.82) is 0 Å². The highest BCUT2D eigenvalue weighted by Gasteiger charge is 2.13. The summed E-state index contributed by atoms with van der Waals surface area (Å²) in [5.74, 6) is 3.83. The summed E-state index contributed by atoms with van der Waals surface area (Å²) < 4.78 is 6.12. The van der Waals surface area contributed by atoms with Crippen LogP contribution in [0.15, 0.2) is 36.5 Å². The Kier molecular flexibility index (Phi) is 35.1. The molecule has 248 valence electrons. The fourth-order valence-electron chi connectivity index (χ4n) is 5.59. The Bertz CT molecular complexity index is 651. The van der Waals surface area contributed by atoms with Crippen molar-refractivity contribution in [3.05, 3.63) is 36.5 Å². The molecule has 0 radical (unpaired) electrons. The number of hydrogen-bond acceptors (Lipinski definition) is 3. The maximum Gasteiger partial charge on any atom is 0.122 e. The van der Waals surface area contributed by atoms with Crippen LogP contribution in [0.4, 0.5) is 0 Å². The van der Waals surface area contributed by atoms with Gasteiger partial charge in [0, 0.05) is 12.2 Å². The smallest absolute Gasteiger partial charge is 0.122 e. The Labute approximate surface area is 268 Å². The first kappa shape index (κ1) is 41.3. The minimum Gasteiger partial charge on any atom is -0.365 e. The van der Waals surface area contributed by atoms with Crippen LogP contribution in [-0.2, 0) is 14.3 Å². The van der Waals surface area contributed by atoms with E-state index >= 15 is 0 Å². The van der Waals surface area contributed by atoms with Gasteiger partial charge >= 0.3 is 0 Å². The predicted molar refractivity (Wildman–Crippen MR) is 188 cm³/mol. The number of hydrogen-bond donors (Lipinski definition) is 0. The number of rotatable bonds is 34. The monoisotopic (exact) mass is 599 g/mol. The van der Waals surface area contributed by atoms with Gasteiger partial charge < -0.3 is 4.74 Å². The summed E-state index contributed by atoms with van der Waals surface area (Å²) >= 11 is 0. The van der Waals surface area contributed by atoms with Gasteiger partial charge in [0.05, 0.1) is 12.2 Å². The van der Waals surface area contributed by atoms with Crippen molar-refractivity contribution < 1.29 is 14.3 Å². The van der Waals surface area contributed by atoms with Gasteiger partial charge in [-0.2, -0.15) is 0 Å². The molecule has 2 atom stereocenters. The van der Waals surface area contributed by atoms with Crippen molar-refractivity contribution in [2.24, 2.45) is 0 Å². The van der Waals surface area contributed by atoms with Gasteiger partial charge in [-0.1, -0.05) is 154 Å². The van der Waals surface area contributed by atoms with E-state index in [4.69, 9.17) is 4.74 Å². The van der Waals surface area contributed by atoms with Crippen molar-refractivity contribution in [3.8, 4) is 0 Å². The highest BCUT2D eigenvalue weighted by molar-refractivity contribution is 5.47. The van der Waals surface area contributed by atoms with Crippen LogP contribution in [0, 0.1) is 0 Å². The molecule has 0 aliphatic carbocycles. The zero-order valence-corrected chi connectivity index (χ0v) is 28.6. The van der Waals surface area contributed by atoms with E-state index in [-0.39, 0.29) is 12.2 Å². The summed E-state index contributed by atoms with van der Waals surface area (Å²) in [6.07, 6.45) is 46.6. The van der Waals surface area contributed by atoms with Crippen molar-refractivity contribution in [3.63, 3.8) is 0 Å². The highest BCUT2D eigenvalue weighted by Crippen LogP contribution is 2.17. The number of carbonyl (C=O) groups excluding carboxylic acids is 2. The van der Waals surface area contributed by atoms with E-state index in [0.29, 0.717) is 0 Å². The summed E-state index contributed by atoms with van der Waals surface area (Å²) in [7, 11) is 0. The molecular weight excluding hydrogens is 528 g/mol. The Hall–Kier alpha value is -1.66. The van der Waals surface area contributed by atoms with Crippen LogP contribution in [0.1, 0.15) is 194 Å². The standard InChI is InChI=1S/C40H70O3/c1-3-5-7-9-11-13-15-17-19-21-23-25-27-29-31-33-39(35-37-41)43-40(36-38-42)34-32-30-28-26-24-22-20-18-16-14-12-10-8-6-4-2/h17-20,35-36,39-40H,3-16,21-34H2,1-2H3/b19-17-,20-18-. The highest BCUT2D eigenvalue weighted by atomic mass is 16.5. The quantitative estimate of drug-likeness (QED) is 0.0420. The van der Waals surface area contributed by atoms with Crippen LogP contribution < -0.4 is 0 Å². The van der Waals surface area contributed by atoms with E-state index in [1.165, 1.54) is 153 Å². The van der Waals surface area contributed by atoms with Crippen molar-refractivity contribution >= 4 is 11.9 Å². The summed E-state index contributed by atoms with van der Waals surface area (Å²) in [4.78, 5) is 22.1. The van der Waals surface area contributed by atoms with Crippen LogP contribution in [0.5, 0.6) is 0 Å². The lowest BCUT2D eigenvalue weighted by molar-refractivity contribution is 0.0306. The van der Waals surface area contributed by atoms with Gasteiger partial charge in [0.1, 0.15) is 11.9 Å². The Balaban J connectivity index is 3.85. The fraction of sp³-hybridized carbons (Fsp3) is 0.800. The van der Waals surface area contributed by atoms with Crippen molar-refractivity contribution in [2.75, 3.05) is 0 Å². The van der Waals surface area contributed by atoms with E-state index in [1.54, 1.807) is 0 Å². The molecule has 0 saturated carbocycles. The molecule has 0 fully saturated rings. The third kappa shape index (κ3) is 33.1. The second kappa shape index (κ2) is 36.5. The lowest BCUT2D eigenvalue weighted by atomic mass is 10.0. The van der Waals surface area contributed by atoms with Crippen molar-refractivity contribution in [2.45, 2.75) is 206 Å². The van der Waals surface area contributed by atoms with Gasteiger partial charge in [0.25, 0.3) is 0 Å². The third-order valence-corrected chi connectivity index (χ3v) is 8.36.